The minimum atomic E-state index is -0.184. The van der Waals surface area contributed by atoms with Gasteiger partial charge in [-0.2, -0.15) is 0 Å². The molecular weight excluding hydrogens is 331 g/mol. The molecule has 116 valence electrons. The number of phenols is 3. The average molecular weight is 343 g/mol. The van der Waals surface area contributed by atoms with Crippen molar-refractivity contribution in [1.29, 1.82) is 0 Å². The summed E-state index contributed by atoms with van der Waals surface area (Å²) in [5.41, 5.74) is 0.799. The van der Waals surface area contributed by atoms with E-state index < -0.39 is 0 Å². The van der Waals surface area contributed by atoms with E-state index in [4.69, 9.17) is 4.42 Å². The van der Waals surface area contributed by atoms with Crippen molar-refractivity contribution in [2.24, 2.45) is 0 Å². The van der Waals surface area contributed by atoms with Gasteiger partial charge in [0.25, 0.3) is 0 Å². The third-order valence-electron chi connectivity index (χ3n) is 2.96. The molecule has 0 atom stereocenters. The summed E-state index contributed by atoms with van der Waals surface area (Å²) in [5, 5.41) is 38.7. The average Bonchev–Trinajstić information content (AvgIpc) is 2.40. The maximum absolute atomic E-state index is 10.00. The number of fused-ring (bicyclic) bond motifs is 1. The summed E-state index contributed by atoms with van der Waals surface area (Å²) in [7, 11) is 0. The first kappa shape index (κ1) is 17.7. The molecule has 4 N–H and O–H groups in total. The van der Waals surface area contributed by atoms with Crippen molar-refractivity contribution in [3.63, 3.8) is 0 Å². The molecule has 0 unspecified atom stereocenters. The lowest BCUT2D eigenvalue weighted by atomic mass is 10.1. The number of hydrogen-bond acceptors (Lipinski definition) is 4. The van der Waals surface area contributed by atoms with Crippen LogP contribution >= 0.6 is 12.4 Å². The smallest absolute Gasteiger partial charge is 0.401 e. The van der Waals surface area contributed by atoms with Crippen molar-refractivity contribution >= 4 is 23.4 Å². The first-order valence-corrected chi connectivity index (χ1v) is 5.86. The zero-order valence-corrected chi connectivity index (χ0v) is 12.6. The Bertz CT molecular complexity index is 803. The Morgan fingerprint density at radius 3 is 2.00 bits per heavy atom. The Hall–Kier alpha value is -2.37. The molecule has 7 heteroatoms. The number of aromatic hydroxyl groups is 4. The predicted molar refractivity (Wildman–Crippen MR) is 80.0 cm³/mol. The topological polar surface area (TPSA) is 92.2 Å². The molecule has 22 heavy (non-hydrogen) atoms. The molecule has 0 bridgehead atoms. The van der Waals surface area contributed by atoms with E-state index in [0.29, 0.717) is 10.9 Å². The third-order valence-corrected chi connectivity index (χ3v) is 2.96. The van der Waals surface area contributed by atoms with Gasteiger partial charge in [-0.25, -0.2) is 4.42 Å². The van der Waals surface area contributed by atoms with Crippen LogP contribution < -0.4 is 12.4 Å². The Kier molecular flexibility index (Phi) is 5.30. The van der Waals surface area contributed by atoms with Crippen LogP contribution in [0.2, 0.25) is 0 Å². The van der Waals surface area contributed by atoms with Crippen molar-refractivity contribution in [3.05, 3.63) is 42.5 Å². The van der Waals surface area contributed by atoms with Crippen molar-refractivity contribution < 1.29 is 37.3 Å². The Balaban J connectivity index is 0.00000121. The molecule has 2 aromatic carbocycles. The molecule has 0 fully saturated rings. The molecule has 3 aromatic rings. The van der Waals surface area contributed by atoms with E-state index in [9.17, 15) is 20.4 Å². The second-order valence-corrected chi connectivity index (χ2v) is 4.38. The highest BCUT2D eigenvalue weighted by Crippen LogP contribution is 2.38. The van der Waals surface area contributed by atoms with Gasteiger partial charge in [-0.3, -0.25) is 0 Å². The van der Waals surface area contributed by atoms with Crippen LogP contribution in [-0.4, -0.2) is 20.4 Å². The minimum Gasteiger partial charge on any atom is -1.00 e. The van der Waals surface area contributed by atoms with Gasteiger partial charge in [0, 0.05) is 12.1 Å². The summed E-state index contributed by atoms with van der Waals surface area (Å²) in [6.45, 7) is 0. The van der Waals surface area contributed by atoms with Crippen molar-refractivity contribution in [3.8, 4) is 34.3 Å². The lowest BCUT2D eigenvalue weighted by Gasteiger charge is -1.99. The van der Waals surface area contributed by atoms with Gasteiger partial charge in [0.15, 0.2) is 0 Å². The van der Waals surface area contributed by atoms with E-state index in [1.165, 1.54) is 24.3 Å². The van der Waals surface area contributed by atoms with E-state index in [2.05, 4.69) is 0 Å². The fourth-order valence-electron chi connectivity index (χ4n) is 2.01. The first-order valence-electron chi connectivity index (χ1n) is 5.86. The number of benzene rings is 2. The standard InChI is InChI=1S/C15H10O5.2ClH/c16-9-3-1-8(2-4-9)15-13(19)7-11-12(18)5-10(17)6-14(11)20-15;;/h1-7H,(H3-,16,17,18,19);2*1H. The van der Waals surface area contributed by atoms with E-state index in [0.717, 1.165) is 6.07 Å². The number of hydrogen-bond donors (Lipinski definition) is 4. The summed E-state index contributed by atoms with van der Waals surface area (Å²) >= 11 is 0. The number of halogens is 2. The highest BCUT2D eigenvalue weighted by atomic mass is 35.5. The van der Waals surface area contributed by atoms with Gasteiger partial charge in [-0.05, 0) is 24.3 Å². The largest absolute Gasteiger partial charge is 1.00 e. The van der Waals surface area contributed by atoms with Crippen molar-refractivity contribution in [2.45, 2.75) is 0 Å². The molecule has 0 saturated heterocycles. The van der Waals surface area contributed by atoms with E-state index >= 15 is 0 Å². The number of rotatable bonds is 1. The van der Waals surface area contributed by atoms with Gasteiger partial charge < -0.3 is 32.8 Å². The Labute approximate surface area is 137 Å². The third kappa shape index (κ3) is 3.10. The van der Waals surface area contributed by atoms with E-state index in [1.807, 2.05) is 0 Å². The van der Waals surface area contributed by atoms with Crippen LogP contribution in [0.1, 0.15) is 0 Å². The monoisotopic (exact) mass is 342 g/mol. The van der Waals surface area contributed by atoms with Gasteiger partial charge in [-0.1, -0.05) is 0 Å². The fourth-order valence-corrected chi connectivity index (χ4v) is 2.01. The zero-order valence-electron chi connectivity index (χ0n) is 11.0. The molecule has 0 aliphatic heterocycles. The molecule has 0 aliphatic rings. The van der Waals surface area contributed by atoms with Crippen LogP contribution in [0.15, 0.2) is 46.9 Å². The maximum Gasteiger partial charge on any atom is 0.401 e. The van der Waals surface area contributed by atoms with Crippen LogP contribution in [0.5, 0.6) is 23.0 Å². The zero-order chi connectivity index (χ0) is 14.3. The van der Waals surface area contributed by atoms with Gasteiger partial charge in [-0.15, -0.1) is 12.4 Å². The molecule has 0 radical (unpaired) electrons. The normalized spacial score (nSPS) is 9.82. The summed E-state index contributed by atoms with van der Waals surface area (Å²) in [4.78, 5) is 0. The highest BCUT2D eigenvalue weighted by Gasteiger charge is 2.23. The van der Waals surface area contributed by atoms with Crippen molar-refractivity contribution in [2.75, 3.05) is 0 Å². The highest BCUT2D eigenvalue weighted by molar-refractivity contribution is 5.88. The first-order chi connectivity index (χ1) is 9.54. The molecule has 1 heterocycles. The molecule has 1 aromatic heterocycles. The molecule has 0 saturated carbocycles. The Morgan fingerprint density at radius 1 is 0.727 bits per heavy atom. The molecular formula is C15H12Cl2O5. The summed E-state index contributed by atoms with van der Waals surface area (Å²) < 4.78 is 5.53. The number of phenolic OH excluding ortho intramolecular Hbond substituents is 3. The van der Waals surface area contributed by atoms with Crippen LogP contribution in [0.4, 0.5) is 0 Å². The Morgan fingerprint density at radius 2 is 1.36 bits per heavy atom. The van der Waals surface area contributed by atoms with Gasteiger partial charge >= 0.3 is 11.3 Å². The second-order valence-electron chi connectivity index (χ2n) is 4.38. The summed E-state index contributed by atoms with van der Waals surface area (Å²) in [6, 6.07) is 9.97. The van der Waals surface area contributed by atoms with E-state index in [-0.39, 0.29) is 59.2 Å². The molecule has 0 aliphatic carbocycles. The lowest BCUT2D eigenvalue weighted by molar-refractivity contribution is -0.00000867. The molecule has 5 nitrogen and oxygen atoms in total. The summed E-state index contributed by atoms with van der Waals surface area (Å²) in [6.07, 6.45) is 0. The molecule has 0 amide bonds. The van der Waals surface area contributed by atoms with Crippen LogP contribution in [0.25, 0.3) is 22.3 Å². The molecule has 0 spiro atoms. The lowest BCUT2D eigenvalue weighted by Crippen LogP contribution is -3.00. The SMILES string of the molecule is Cl.Oc1ccc(-c2[o+]c3cc(O)cc(O)c3cc2O)cc1.[Cl-]. The molecule has 3 rings (SSSR count). The van der Waals surface area contributed by atoms with Gasteiger partial charge in [0.05, 0.1) is 11.6 Å². The fraction of sp³-hybridized carbons (Fsp3) is 0. The van der Waals surface area contributed by atoms with Crippen LogP contribution in [0, 0.1) is 0 Å². The van der Waals surface area contributed by atoms with Gasteiger partial charge in [0.1, 0.15) is 22.6 Å². The maximum atomic E-state index is 10.00. The van der Waals surface area contributed by atoms with Crippen LogP contribution in [-0.2, 0) is 0 Å². The minimum absolute atomic E-state index is 0. The van der Waals surface area contributed by atoms with Crippen molar-refractivity contribution in [1.82, 2.24) is 0 Å². The van der Waals surface area contributed by atoms with Crippen LogP contribution in [0.3, 0.4) is 0 Å². The van der Waals surface area contributed by atoms with Gasteiger partial charge in [0.2, 0.25) is 5.75 Å². The second kappa shape index (κ2) is 6.60. The summed E-state index contributed by atoms with van der Waals surface area (Å²) in [5.74, 6) is -0.187. The predicted octanol–water partition coefficient (Wildman–Crippen LogP) is 0.629. The quantitative estimate of drug-likeness (QED) is 0.487. The van der Waals surface area contributed by atoms with E-state index in [1.54, 1.807) is 12.1 Å².